The summed E-state index contributed by atoms with van der Waals surface area (Å²) in [6, 6.07) is 20.4. The first kappa shape index (κ1) is 17.9. The van der Waals surface area contributed by atoms with E-state index in [1.54, 1.807) is 22.9 Å². The molecule has 2 aromatic carbocycles. The largest absolute Gasteiger partial charge is 0.331 e. The summed E-state index contributed by atoms with van der Waals surface area (Å²) < 4.78 is 3.48. The van der Waals surface area contributed by atoms with Gasteiger partial charge in [0, 0.05) is 23.0 Å². The second kappa shape index (κ2) is 7.27. The number of aromatic nitrogens is 2. The maximum atomic E-state index is 13.2. The zero-order valence-electron chi connectivity index (χ0n) is 15.9. The summed E-state index contributed by atoms with van der Waals surface area (Å²) in [5, 5.41) is 1.22. The van der Waals surface area contributed by atoms with Crippen molar-refractivity contribution in [3.63, 3.8) is 0 Å². The summed E-state index contributed by atoms with van der Waals surface area (Å²) in [4.78, 5) is 30.6. The molecule has 140 valence electrons. The fraction of sp³-hybridized carbons (Fsp3) is 0.174. The molecule has 0 bridgehead atoms. The summed E-state index contributed by atoms with van der Waals surface area (Å²) in [6.45, 7) is 4.06. The van der Waals surface area contributed by atoms with Gasteiger partial charge in [0.15, 0.2) is 5.43 Å². The van der Waals surface area contributed by atoms with Crippen molar-refractivity contribution < 1.29 is 4.79 Å². The average Bonchev–Trinajstić information content (AvgIpc) is 2.71. The number of carbonyl (C=O) groups excluding carboxylic acids is 1. The van der Waals surface area contributed by atoms with E-state index >= 15 is 0 Å². The molecule has 0 aliphatic heterocycles. The van der Waals surface area contributed by atoms with E-state index in [1.165, 1.54) is 0 Å². The Balaban J connectivity index is 1.93. The lowest BCUT2D eigenvalue weighted by molar-refractivity contribution is 0.0888. The first-order valence-electron chi connectivity index (χ1n) is 9.31. The SMILES string of the molecule is CC(C)N=c1ccccn1C(=O)Cn1c2ccccc2c(=O)c2ccccc21. The van der Waals surface area contributed by atoms with Gasteiger partial charge >= 0.3 is 0 Å². The van der Waals surface area contributed by atoms with Crippen molar-refractivity contribution in [1.82, 2.24) is 9.13 Å². The maximum absolute atomic E-state index is 13.2. The molecular weight excluding hydrogens is 350 g/mol. The topological polar surface area (TPSA) is 56.4 Å². The molecule has 0 spiro atoms. The van der Waals surface area contributed by atoms with Crippen LogP contribution >= 0.6 is 0 Å². The van der Waals surface area contributed by atoms with Gasteiger partial charge in [-0.1, -0.05) is 30.3 Å². The molecule has 28 heavy (non-hydrogen) atoms. The summed E-state index contributed by atoms with van der Waals surface area (Å²) in [6.07, 6.45) is 1.73. The highest BCUT2D eigenvalue weighted by Gasteiger charge is 2.14. The summed E-state index contributed by atoms with van der Waals surface area (Å²) in [7, 11) is 0. The lowest BCUT2D eigenvalue weighted by Crippen LogP contribution is -2.30. The third-order valence-electron chi connectivity index (χ3n) is 4.67. The van der Waals surface area contributed by atoms with Crippen LogP contribution in [0, 0.1) is 0 Å². The standard InChI is InChI=1S/C23H21N3O2/c1-16(2)24-21-13-7-8-14-25(21)22(27)15-26-19-11-5-3-9-17(19)23(28)18-10-4-6-12-20(18)26/h3-14,16H,15H2,1-2H3. The first-order chi connectivity index (χ1) is 13.6. The van der Waals surface area contributed by atoms with Crippen molar-refractivity contribution in [3.05, 3.63) is 88.6 Å². The lowest BCUT2D eigenvalue weighted by Gasteiger charge is -2.15. The fourth-order valence-corrected chi connectivity index (χ4v) is 3.47. The van der Waals surface area contributed by atoms with Crippen LogP contribution in [0.5, 0.6) is 0 Å². The summed E-state index contributed by atoms with van der Waals surface area (Å²) in [5.41, 5.74) is 2.10. The van der Waals surface area contributed by atoms with E-state index in [9.17, 15) is 9.59 Å². The minimum Gasteiger partial charge on any atom is -0.331 e. The number of carbonyl (C=O) groups is 1. The van der Waals surface area contributed by atoms with Crippen molar-refractivity contribution in [3.8, 4) is 0 Å². The number of hydrogen-bond donors (Lipinski definition) is 0. The smallest absolute Gasteiger partial charge is 0.252 e. The van der Waals surface area contributed by atoms with Crippen molar-refractivity contribution in [2.75, 3.05) is 0 Å². The van der Waals surface area contributed by atoms with Gasteiger partial charge in [-0.25, -0.2) is 0 Å². The Labute approximate surface area is 162 Å². The normalized spacial score (nSPS) is 12.2. The molecule has 4 rings (SSSR count). The predicted octanol–water partition coefficient (Wildman–Crippen LogP) is 3.61. The number of fused-ring (bicyclic) bond motifs is 2. The molecule has 0 aliphatic rings. The molecule has 0 saturated carbocycles. The Kier molecular flexibility index (Phi) is 4.65. The third kappa shape index (κ3) is 3.16. The fourth-order valence-electron chi connectivity index (χ4n) is 3.47. The number of para-hydroxylation sites is 2. The summed E-state index contributed by atoms with van der Waals surface area (Å²) in [5.74, 6) is -0.112. The zero-order valence-corrected chi connectivity index (χ0v) is 15.9. The highest BCUT2D eigenvalue weighted by atomic mass is 16.2. The zero-order chi connectivity index (χ0) is 19.7. The number of hydrogen-bond acceptors (Lipinski definition) is 3. The molecule has 0 unspecified atom stereocenters. The molecular formula is C23H21N3O2. The van der Waals surface area contributed by atoms with E-state index < -0.39 is 0 Å². The van der Waals surface area contributed by atoms with Crippen LogP contribution in [0.15, 0.2) is 82.7 Å². The molecule has 4 aromatic rings. The van der Waals surface area contributed by atoms with Crippen LogP contribution < -0.4 is 10.9 Å². The molecule has 0 atom stereocenters. The number of pyridine rings is 2. The highest BCUT2D eigenvalue weighted by molar-refractivity contribution is 5.95. The summed E-state index contributed by atoms with van der Waals surface area (Å²) >= 11 is 0. The molecule has 5 nitrogen and oxygen atoms in total. The average molecular weight is 371 g/mol. The highest BCUT2D eigenvalue weighted by Crippen LogP contribution is 2.19. The Bertz CT molecular complexity index is 1250. The third-order valence-corrected chi connectivity index (χ3v) is 4.67. The van der Waals surface area contributed by atoms with Crippen LogP contribution in [0.25, 0.3) is 21.8 Å². The minimum absolute atomic E-state index is 0.0160. The van der Waals surface area contributed by atoms with Gasteiger partial charge < -0.3 is 4.57 Å². The van der Waals surface area contributed by atoms with Crippen molar-refractivity contribution in [2.45, 2.75) is 26.4 Å². The van der Waals surface area contributed by atoms with Crippen molar-refractivity contribution in [2.24, 2.45) is 4.99 Å². The first-order valence-corrected chi connectivity index (χ1v) is 9.31. The van der Waals surface area contributed by atoms with E-state index in [0.717, 1.165) is 11.0 Å². The Hall–Kier alpha value is -3.47. The van der Waals surface area contributed by atoms with Crippen LogP contribution in [-0.2, 0) is 6.54 Å². The number of rotatable bonds is 3. The van der Waals surface area contributed by atoms with Crippen LogP contribution in [0.3, 0.4) is 0 Å². The number of nitrogens with zero attached hydrogens (tertiary/aromatic N) is 3. The van der Waals surface area contributed by atoms with E-state index in [-0.39, 0.29) is 23.9 Å². The van der Waals surface area contributed by atoms with Crippen LogP contribution in [0.4, 0.5) is 0 Å². The molecule has 0 fully saturated rings. The van der Waals surface area contributed by atoms with Gasteiger partial charge in [0.25, 0.3) is 5.91 Å². The van der Waals surface area contributed by atoms with E-state index in [0.29, 0.717) is 16.3 Å². The Morgan fingerprint density at radius 1 is 0.893 bits per heavy atom. The molecule has 0 radical (unpaired) electrons. The molecule has 2 aromatic heterocycles. The number of benzene rings is 2. The van der Waals surface area contributed by atoms with Crippen molar-refractivity contribution >= 4 is 27.7 Å². The van der Waals surface area contributed by atoms with Gasteiger partial charge in [0.2, 0.25) is 0 Å². The minimum atomic E-state index is -0.112. The quantitative estimate of drug-likeness (QED) is 0.517. The second-order valence-corrected chi connectivity index (χ2v) is 6.99. The molecule has 0 amide bonds. The lowest BCUT2D eigenvalue weighted by atomic mass is 10.1. The van der Waals surface area contributed by atoms with E-state index in [4.69, 9.17) is 0 Å². The maximum Gasteiger partial charge on any atom is 0.252 e. The van der Waals surface area contributed by atoms with Gasteiger partial charge in [-0.15, -0.1) is 0 Å². The predicted molar refractivity (Wildman–Crippen MR) is 111 cm³/mol. The second-order valence-electron chi connectivity index (χ2n) is 6.99. The van der Waals surface area contributed by atoms with Gasteiger partial charge in [0.1, 0.15) is 12.0 Å². The van der Waals surface area contributed by atoms with Crippen LogP contribution in [-0.4, -0.2) is 21.1 Å². The Morgan fingerprint density at radius 3 is 2.07 bits per heavy atom. The van der Waals surface area contributed by atoms with Crippen LogP contribution in [0.1, 0.15) is 18.6 Å². The van der Waals surface area contributed by atoms with Gasteiger partial charge in [-0.2, -0.15) is 0 Å². The molecule has 0 saturated heterocycles. The molecule has 0 aliphatic carbocycles. The van der Waals surface area contributed by atoms with Gasteiger partial charge in [-0.05, 0) is 50.2 Å². The molecule has 5 heteroatoms. The van der Waals surface area contributed by atoms with Crippen LogP contribution in [0.2, 0.25) is 0 Å². The molecule has 2 heterocycles. The van der Waals surface area contributed by atoms with E-state index in [2.05, 4.69) is 4.99 Å². The van der Waals surface area contributed by atoms with Crippen molar-refractivity contribution in [1.29, 1.82) is 0 Å². The van der Waals surface area contributed by atoms with E-state index in [1.807, 2.05) is 73.0 Å². The monoisotopic (exact) mass is 371 g/mol. The molecule has 0 N–H and O–H groups in total. The van der Waals surface area contributed by atoms with Gasteiger partial charge in [-0.3, -0.25) is 19.1 Å². The van der Waals surface area contributed by atoms with Gasteiger partial charge in [0.05, 0.1) is 11.0 Å². The Morgan fingerprint density at radius 2 is 1.46 bits per heavy atom.